The van der Waals surface area contributed by atoms with E-state index in [0.29, 0.717) is 0 Å². The summed E-state index contributed by atoms with van der Waals surface area (Å²) in [5.41, 5.74) is 0. The Morgan fingerprint density at radius 3 is 1.86 bits per heavy atom. The quantitative estimate of drug-likeness (QED) is 0.713. The Labute approximate surface area is 91.7 Å². The largest absolute Gasteiger partial charge is 0.316 e. The maximum Gasteiger partial charge on any atom is -0.00148 e. The van der Waals surface area contributed by atoms with E-state index in [-0.39, 0.29) is 0 Å². The minimum absolute atomic E-state index is 0.861. The number of rotatable bonds is 2. The molecular weight excluding hydrogens is 170 g/mol. The summed E-state index contributed by atoms with van der Waals surface area (Å²) in [7, 11) is 0. The Morgan fingerprint density at radius 2 is 1.57 bits per heavy atom. The fourth-order valence-corrected chi connectivity index (χ4v) is 1.98. The molecule has 0 bridgehead atoms. The molecule has 0 saturated carbocycles. The van der Waals surface area contributed by atoms with E-state index in [4.69, 9.17) is 0 Å². The second kappa shape index (κ2) is 11.0. The van der Waals surface area contributed by atoms with Crippen LogP contribution in [0, 0.1) is 17.8 Å². The zero-order chi connectivity index (χ0) is 11.6. The molecule has 0 radical (unpaired) electrons. The van der Waals surface area contributed by atoms with Crippen molar-refractivity contribution in [1.29, 1.82) is 0 Å². The molecule has 14 heavy (non-hydrogen) atoms. The molecule has 0 aromatic heterocycles. The van der Waals surface area contributed by atoms with Gasteiger partial charge in [-0.3, -0.25) is 0 Å². The summed E-state index contributed by atoms with van der Waals surface area (Å²) in [4.78, 5) is 0. The molecule has 0 aliphatic carbocycles. The van der Waals surface area contributed by atoms with E-state index >= 15 is 0 Å². The molecule has 0 spiro atoms. The molecule has 1 N–H and O–H groups in total. The Balaban J connectivity index is 0. The van der Waals surface area contributed by atoms with Crippen molar-refractivity contribution in [3.63, 3.8) is 0 Å². The highest BCUT2D eigenvalue weighted by molar-refractivity contribution is 4.81. The second-order valence-electron chi connectivity index (χ2n) is 3.73. The van der Waals surface area contributed by atoms with Gasteiger partial charge in [-0.15, -0.1) is 0 Å². The van der Waals surface area contributed by atoms with Crippen molar-refractivity contribution in [3.8, 4) is 0 Å². The average Bonchev–Trinajstić information content (AvgIpc) is 2.71. The maximum absolute atomic E-state index is 3.45. The summed E-state index contributed by atoms with van der Waals surface area (Å²) in [5.74, 6) is 2.74. The normalized spacial score (nSPS) is 24.9. The highest BCUT2D eigenvalue weighted by atomic mass is 14.9. The molecule has 88 valence electrons. The molecule has 0 amide bonds. The van der Waals surface area contributed by atoms with Gasteiger partial charge < -0.3 is 5.32 Å². The van der Waals surface area contributed by atoms with Crippen LogP contribution in [0.4, 0.5) is 0 Å². The molecular formula is C13H31N. The molecule has 0 aromatic carbocycles. The lowest BCUT2D eigenvalue weighted by Gasteiger charge is -2.20. The molecule has 0 aromatic rings. The van der Waals surface area contributed by atoms with Crippen LogP contribution in [0.25, 0.3) is 0 Å². The lowest BCUT2D eigenvalue weighted by Crippen LogP contribution is -2.17. The van der Waals surface area contributed by atoms with E-state index in [1.807, 2.05) is 27.7 Å². The Kier molecular flexibility index (Phi) is 12.9. The van der Waals surface area contributed by atoms with Crippen LogP contribution in [-0.4, -0.2) is 13.1 Å². The van der Waals surface area contributed by atoms with E-state index in [1.54, 1.807) is 0 Å². The number of hydrogen-bond acceptors (Lipinski definition) is 1. The minimum atomic E-state index is 0.861. The van der Waals surface area contributed by atoms with Crippen LogP contribution in [0.15, 0.2) is 0 Å². The minimum Gasteiger partial charge on any atom is -0.316 e. The van der Waals surface area contributed by atoms with Gasteiger partial charge in [0, 0.05) is 0 Å². The molecule has 1 heterocycles. The number of hydrogen-bond donors (Lipinski definition) is 1. The molecule has 1 aliphatic heterocycles. The van der Waals surface area contributed by atoms with Gasteiger partial charge in [0.25, 0.3) is 0 Å². The topological polar surface area (TPSA) is 12.0 Å². The van der Waals surface area contributed by atoms with Crippen molar-refractivity contribution in [2.24, 2.45) is 17.8 Å². The monoisotopic (exact) mass is 201 g/mol. The van der Waals surface area contributed by atoms with Gasteiger partial charge in [-0.05, 0) is 30.8 Å². The maximum atomic E-state index is 3.45. The molecule has 2 unspecified atom stereocenters. The van der Waals surface area contributed by atoms with Gasteiger partial charge in [0.2, 0.25) is 0 Å². The molecule has 1 rings (SSSR count). The Morgan fingerprint density at radius 1 is 1.07 bits per heavy atom. The Bertz CT molecular complexity index is 99.4. The van der Waals surface area contributed by atoms with Gasteiger partial charge in [-0.2, -0.15) is 0 Å². The van der Waals surface area contributed by atoms with Gasteiger partial charge in [-0.25, -0.2) is 0 Å². The van der Waals surface area contributed by atoms with Crippen LogP contribution in [0.1, 0.15) is 54.9 Å². The first-order valence-corrected chi connectivity index (χ1v) is 6.46. The standard InChI is InChI=1S/C9H19N.2C2H6/c1-4-8-5-10-6-9(8)7(2)3;2*1-2/h7-10H,4-6H2,1-3H3;2*1-2H3. The van der Waals surface area contributed by atoms with E-state index < -0.39 is 0 Å². The predicted octanol–water partition coefficient (Wildman–Crippen LogP) is 3.94. The predicted molar refractivity (Wildman–Crippen MR) is 67.7 cm³/mol. The summed E-state index contributed by atoms with van der Waals surface area (Å²) in [6.45, 7) is 17.5. The average molecular weight is 201 g/mol. The fourth-order valence-electron chi connectivity index (χ4n) is 1.98. The first-order valence-electron chi connectivity index (χ1n) is 6.46. The molecule has 1 saturated heterocycles. The van der Waals surface area contributed by atoms with Crippen LogP contribution < -0.4 is 5.32 Å². The molecule has 1 heteroatoms. The summed E-state index contributed by atoms with van der Waals surface area (Å²) < 4.78 is 0. The second-order valence-corrected chi connectivity index (χ2v) is 3.73. The first kappa shape index (κ1) is 16.4. The van der Waals surface area contributed by atoms with Crippen molar-refractivity contribution >= 4 is 0 Å². The first-order chi connectivity index (χ1) is 6.75. The Hall–Kier alpha value is -0.0400. The van der Waals surface area contributed by atoms with E-state index in [0.717, 1.165) is 17.8 Å². The zero-order valence-corrected chi connectivity index (χ0v) is 11.4. The number of nitrogens with one attached hydrogen (secondary N) is 1. The van der Waals surface area contributed by atoms with Gasteiger partial charge in [0.05, 0.1) is 0 Å². The van der Waals surface area contributed by atoms with Crippen LogP contribution in [-0.2, 0) is 0 Å². The molecule has 1 nitrogen and oxygen atoms in total. The van der Waals surface area contributed by atoms with Gasteiger partial charge in [0.15, 0.2) is 0 Å². The highest BCUT2D eigenvalue weighted by Gasteiger charge is 2.27. The van der Waals surface area contributed by atoms with Crippen molar-refractivity contribution < 1.29 is 0 Å². The third kappa shape index (κ3) is 5.64. The summed E-state index contributed by atoms with van der Waals surface area (Å²) >= 11 is 0. The van der Waals surface area contributed by atoms with Gasteiger partial charge in [0.1, 0.15) is 0 Å². The summed E-state index contributed by atoms with van der Waals surface area (Å²) in [6.07, 6.45) is 1.34. The SMILES string of the molecule is CC.CC.CCC1CNCC1C(C)C. The van der Waals surface area contributed by atoms with Crippen molar-refractivity contribution in [3.05, 3.63) is 0 Å². The van der Waals surface area contributed by atoms with Gasteiger partial charge >= 0.3 is 0 Å². The van der Waals surface area contributed by atoms with Crippen molar-refractivity contribution in [1.82, 2.24) is 5.32 Å². The lowest BCUT2D eigenvalue weighted by atomic mass is 9.85. The van der Waals surface area contributed by atoms with Crippen LogP contribution in [0.3, 0.4) is 0 Å². The van der Waals surface area contributed by atoms with Crippen LogP contribution in [0.5, 0.6) is 0 Å². The van der Waals surface area contributed by atoms with E-state index in [9.17, 15) is 0 Å². The van der Waals surface area contributed by atoms with Crippen LogP contribution >= 0.6 is 0 Å². The van der Waals surface area contributed by atoms with E-state index in [2.05, 4.69) is 26.1 Å². The fraction of sp³-hybridized carbons (Fsp3) is 1.00. The van der Waals surface area contributed by atoms with Gasteiger partial charge in [-0.1, -0.05) is 54.9 Å². The lowest BCUT2D eigenvalue weighted by molar-refractivity contribution is 0.313. The molecule has 2 atom stereocenters. The molecule has 1 aliphatic rings. The zero-order valence-electron chi connectivity index (χ0n) is 11.4. The van der Waals surface area contributed by atoms with Crippen molar-refractivity contribution in [2.45, 2.75) is 54.9 Å². The smallest absolute Gasteiger partial charge is 0.00148 e. The third-order valence-electron chi connectivity index (χ3n) is 2.77. The summed E-state index contributed by atoms with van der Waals surface area (Å²) in [5, 5.41) is 3.45. The van der Waals surface area contributed by atoms with E-state index in [1.165, 1.54) is 19.5 Å². The van der Waals surface area contributed by atoms with Crippen LogP contribution in [0.2, 0.25) is 0 Å². The van der Waals surface area contributed by atoms with Crippen molar-refractivity contribution in [2.75, 3.05) is 13.1 Å². The summed E-state index contributed by atoms with van der Waals surface area (Å²) in [6, 6.07) is 0. The highest BCUT2D eigenvalue weighted by Crippen LogP contribution is 2.26. The molecule has 1 fully saturated rings. The third-order valence-corrected chi connectivity index (χ3v) is 2.77.